The number of hydrogen-bond donors (Lipinski definition) is 0. The number of hydrogen-bond acceptors (Lipinski definition) is 5. The first-order valence-corrected chi connectivity index (χ1v) is 8.04. The molecule has 0 spiro atoms. The zero-order chi connectivity index (χ0) is 16.8. The Kier molecular flexibility index (Phi) is 5.14. The molecule has 2 heterocycles. The topological polar surface area (TPSA) is 73.1 Å². The minimum absolute atomic E-state index is 0.101. The van der Waals surface area contributed by atoms with Crippen LogP contribution in [0.5, 0.6) is 0 Å². The summed E-state index contributed by atoms with van der Waals surface area (Å²) in [6.07, 6.45) is 4.11. The molecule has 1 aromatic heterocycles. The van der Waals surface area contributed by atoms with Gasteiger partial charge < -0.3 is 4.90 Å². The molecule has 0 atom stereocenters. The Hall–Kier alpha value is -2.78. The van der Waals surface area contributed by atoms with Gasteiger partial charge in [0, 0.05) is 45.1 Å². The zero-order valence-electron chi connectivity index (χ0n) is 13.4. The van der Waals surface area contributed by atoms with Crippen LogP contribution in [0.15, 0.2) is 42.7 Å². The lowest BCUT2D eigenvalue weighted by atomic mass is 10.1. The van der Waals surface area contributed by atoms with Crippen molar-refractivity contribution in [2.24, 2.45) is 0 Å². The van der Waals surface area contributed by atoms with Gasteiger partial charge in [-0.15, -0.1) is 0 Å². The van der Waals surface area contributed by atoms with Crippen LogP contribution in [-0.4, -0.2) is 51.9 Å². The molecule has 0 saturated carbocycles. The highest BCUT2D eigenvalue weighted by Crippen LogP contribution is 2.11. The average molecular weight is 321 g/mol. The van der Waals surface area contributed by atoms with E-state index in [0.29, 0.717) is 12.1 Å². The maximum atomic E-state index is 12.4. The second-order valence-electron chi connectivity index (χ2n) is 5.80. The normalized spacial score (nSPS) is 15.5. The molecule has 2 aromatic rings. The van der Waals surface area contributed by atoms with Crippen molar-refractivity contribution in [3.8, 4) is 6.07 Å². The Bertz CT molecular complexity index is 723. The molecule has 0 bridgehead atoms. The van der Waals surface area contributed by atoms with Crippen LogP contribution in [0, 0.1) is 11.3 Å². The van der Waals surface area contributed by atoms with Gasteiger partial charge in [-0.1, -0.05) is 12.1 Å². The van der Waals surface area contributed by atoms with Crippen molar-refractivity contribution in [1.82, 2.24) is 19.8 Å². The third-order valence-electron chi connectivity index (χ3n) is 4.12. The van der Waals surface area contributed by atoms with E-state index in [1.807, 2.05) is 29.2 Å². The molecule has 0 aliphatic carbocycles. The second-order valence-corrected chi connectivity index (χ2v) is 5.80. The zero-order valence-corrected chi connectivity index (χ0v) is 13.4. The molecule has 1 saturated heterocycles. The van der Waals surface area contributed by atoms with E-state index >= 15 is 0 Å². The molecule has 6 heteroatoms. The van der Waals surface area contributed by atoms with Crippen LogP contribution < -0.4 is 0 Å². The number of benzene rings is 1. The van der Waals surface area contributed by atoms with Gasteiger partial charge in [0.05, 0.1) is 11.6 Å². The van der Waals surface area contributed by atoms with Crippen LogP contribution in [0.3, 0.4) is 0 Å². The van der Waals surface area contributed by atoms with Crippen LogP contribution in [-0.2, 0) is 6.54 Å². The minimum atomic E-state index is -0.101. The predicted molar refractivity (Wildman–Crippen MR) is 89.0 cm³/mol. The van der Waals surface area contributed by atoms with Gasteiger partial charge in [-0.25, -0.2) is 9.97 Å². The summed E-state index contributed by atoms with van der Waals surface area (Å²) in [6.45, 7) is 3.99. The number of carbonyl (C=O) groups excluding carboxylic acids is 1. The average Bonchev–Trinajstić information content (AvgIpc) is 2.88. The van der Waals surface area contributed by atoms with E-state index in [1.54, 1.807) is 18.5 Å². The molecule has 0 radical (unpaired) electrons. The van der Waals surface area contributed by atoms with E-state index in [0.717, 1.165) is 32.6 Å². The summed E-state index contributed by atoms with van der Waals surface area (Å²) in [4.78, 5) is 24.7. The Balaban J connectivity index is 1.58. The summed E-state index contributed by atoms with van der Waals surface area (Å²) in [5.74, 6) is 0.161. The molecule has 3 rings (SSSR count). The number of rotatable bonds is 3. The molecule has 0 unspecified atom stereocenters. The van der Waals surface area contributed by atoms with Crippen molar-refractivity contribution < 1.29 is 4.79 Å². The van der Waals surface area contributed by atoms with Gasteiger partial charge in [-0.3, -0.25) is 9.69 Å². The van der Waals surface area contributed by atoms with Crippen molar-refractivity contribution >= 4 is 5.91 Å². The lowest BCUT2D eigenvalue weighted by molar-refractivity contribution is 0.0748. The van der Waals surface area contributed by atoms with Gasteiger partial charge in [-0.2, -0.15) is 5.26 Å². The van der Waals surface area contributed by atoms with Gasteiger partial charge in [0.25, 0.3) is 5.91 Å². The molecule has 1 aliphatic rings. The van der Waals surface area contributed by atoms with Gasteiger partial charge in [0.15, 0.2) is 0 Å². The minimum Gasteiger partial charge on any atom is -0.335 e. The summed E-state index contributed by atoms with van der Waals surface area (Å²) in [7, 11) is 0. The molecular formula is C18H19N5O. The first-order valence-electron chi connectivity index (χ1n) is 8.04. The molecule has 24 heavy (non-hydrogen) atoms. The molecule has 1 aromatic carbocycles. The van der Waals surface area contributed by atoms with Gasteiger partial charge in [-0.05, 0) is 30.2 Å². The SMILES string of the molecule is N#Cc1ccc(CN2CCCN(C(=O)c3ncccn3)CC2)cc1. The second kappa shape index (κ2) is 7.66. The molecule has 122 valence electrons. The Morgan fingerprint density at radius 3 is 2.54 bits per heavy atom. The van der Waals surface area contributed by atoms with E-state index in [-0.39, 0.29) is 11.7 Å². The van der Waals surface area contributed by atoms with Crippen LogP contribution in [0.1, 0.15) is 28.2 Å². The quantitative estimate of drug-likeness (QED) is 0.860. The van der Waals surface area contributed by atoms with Crippen molar-refractivity contribution in [3.05, 3.63) is 59.7 Å². The fourth-order valence-corrected chi connectivity index (χ4v) is 2.83. The van der Waals surface area contributed by atoms with Crippen LogP contribution in [0.25, 0.3) is 0 Å². The molecule has 0 N–H and O–H groups in total. The largest absolute Gasteiger partial charge is 0.335 e. The van der Waals surface area contributed by atoms with Crippen molar-refractivity contribution in [3.63, 3.8) is 0 Å². The highest BCUT2D eigenvalue weighted by atomic mass is 16.2. The first-order chi connectivity index (χ1) is 11.8. The van der Waals surface area contributed by atoms with Gasteiger partial charge >= 0.3 is 0 Å². The van der Waals surface area contributed by atoms with Gasteiger partial charge in [0.2, 0.25) is 5.82 Å². The highest BCUT2D eigenvalue weighted by molar-refractivity contribution is 5.90. The smallest absolute Gasteiger partial charge is 0.291 e. The van der Waals surface area contributed by atoms with Crippen molar-refractivity contribution in [1.29, 1.82) is 5.26 Å². The molecule has 6 nitrogen and oxygen atoms in total. The van der Waals surface area contributed by atoms with Crippen LogP contribution in [0.2, 0.25) is 0 Å². The molecular weight excluding hydrogens is 302 g/mol. The Morgan fingerprint density at radius 2 is 1.83 bits per heavy atom. The van der Waals surface area contributed by atoms with E-state index in [4.69, 9.17) is 5.26 Å². The number of carbonyl (C=O) groups is 1. The van der Waals surface area contributed by atoms with Gasteiger partial charge in [0.1, 0.15) is 0 Å². The first kappa shape index (κ1) is 16.1. The number of aromatic nitrogens is 2. The van der Waals surface area contributed by atoms with Crippen molar-refractivity contribution in [2.45, 2.75) is 13.0 Å². The number of amides is 1. The highest BCUT2D eigenvalue weighted by Gasteiger charge is 2.21. The fourth-order valence-electron chi connectivity index (χ4n) is 2.83. The third kappa shape index (κ3) is 3.94. The Labute approximate surface area is 141 Å². The van der Waals surface area contributed by atoms with E-state index in [1.165, 1.54) is 5.56 Å². The monoisotopic (exact) mass is 321 g/mol. The predicted octanol–water partition coefficient (Wildman–Crippen LogP) is 1.70. The maximum absolute atomic E-state index is 12.4. The summed E-state index contributed by atoms with van der Waals surface area (Å²) >= 11 is 0. The summed E-state index contributed by atoms with van der Waals surface area (Å²) in [5, 5.41) is 8.85. The van der Waals surface area contributed by atoms with Crippen LogP contribution in [0.4, 0.5) is 0 Å². The molecule has 1 fully saturated rings. The lowest BCUT2D eigenvalue weighted by Gasteiger charge is -2.21. The standard InChI is InChI=1S/C18H19N5O/c19-13-15-3-5-16(6-4-15)14-22-9-2-10-23(12-11-22)18(24)17-20-7-1-8-21-17/h1,3-8H,2,9-12,14H2. The number of nitriles is 1. The molecule has 1 aliphatic heterocycles. The van der Waals surface area contributed by atoms with E-state index in [9.17, 15) is 4.79 Å². The third-order valence-corrected chi connectivity index (χ3v) is 4.12. The maximum Gasteiger partial charge on any atom is 0.291 e. The molecule has 1 amide bonds. The number of nitrogens with zero attached hydrogens (tertiary/aromatic N) is 5. The summed E-state index contributed by atoms with van der Waals surface area (Å²) in [6, 6.07) is 11.5. The van der Waals surface area contributed by atoms with E-state index in [2.05, 4.69) is 20.9 Å². The summed E-state index contributed by atoms with van der Waals surface area (Å²) < 4.78 is 0. The Morgan fingerprint density at radius 1 is 1.08 bits per heavy atom. The van der Waals surface area contributed by atoms with E-state index < -0.39 is 0 Å². The fraction of sp³-hybridized carbons (Fsp3) is 0.333. The lowest BCUT2D eigenvalue weighted by Crippen LogP contribution is -2.36. The van der Waals surface area contributed by atoms with Crippen molar-refractivity contribution in [2.75, 3.05) is 26.2 Å². The summed E-state index contributed by atoms with van der Waals surface area (Å²) in [5.41, 5.74) is 1.86. The van der Waals surface area contributed by atoms with Crippen LogP contribution >= 0.6 is 0 Å².